The van der Waals surface area contributed by atoms with Crippen molar-refractivity contribution in [3.63, 3.8) is 0 Å². The summed E-state index contributed by atoms with van der Waals surface area (Å²) >= 11 is 0. The third-order valence-electron chi connectivity index (χ3n) is 4.95. The summed E-state index contributed by atoms with van der Waals surface area (Å²) in [5, 5.41) is 0.796. The van der Waals surface area contributed by atoms with Gasteiger partial charge in [-0.1, -0.05) is 0 Å². The molecule has 0 bridgehead atoms. The van der Waals surface area contributed by atoms with Crippen LogP contribution in [-0.4, -0.2) is 22.7 Å². The summed E-state index contributed by atoms with van der Waals surface area (Å²) in [6.45, 7) is 5.63. The third kappa shape index (κ3) is 4.06. The van der Waals surface area contributed by atoms with Crippen LogP contribution in [0.15, 0.2) is 57.9 Å². The quantitative estimate of drug-likeness (QED) is 0.384. The molecule has 0 fully saturated rings. The molecule has 6 heteroatoms. The molecule has 0 saturated heterocycles. The van der Waals surface area contributed by atoms with E-state index in [1.165, 1.54) is 12.1 Å². The highest BCUT2D eigenvalue weighted by Gasteiger charge is 2.39. The summed E-state index contributed by atoms with van der Waals surface area (Å²) < 4.78 is 17.0. The normalized spacial score (nSPS) is 17.7. The Morgan fingerprint density at radius 3 is 2.86 bits per heavy atom. The number of hydrogen-bond donors (Lipinski definition) is 0. The van der Waals surface area contributed by atoms with Crippen molar-refractivity contribution in [2.45, 2.75) is 38.9 Å². The fourth-order valence-corrected chi connectivity index (χ4v) is 3.39. The molecule has 0 spiro atoms. The number of carbonyl (C=O) groups excluding carboxylic acids is 1. The number of aromatic nitrogens is 1. The van der Waals surface area contributed by atoms with E-state index in [1.807, 2.05) is 39.0 Å². The summed E-state index contributed by atoms with van der Waals surface area (Å²) in [7, 11) is 0. The maximum absolute atomic E-state index is 12.4. The molecule has 2 aromatic heterocycles. The van der Waals surface area contributed by atoms with Crippen molar-refractivity contribution in [1.29, 1.82) is 0 Å². The van der Waals surface area contributed by atoms with Gasteiger partial charge in [0.05, 0.1) is 0 Å². The topological polar surface area (TPSA) is 78.6 Å². The van der Waals surface area contributed by atoms with E-state index in [-0.39, 0.29) is 0 Å². The van der Waals surface area contributed by atoms with Crippen molar-refractivity contribution >= 4 is 23.0 Å². The molecule has 0 saturated carbocycles. The van der Waals surface area contributed by atoms with Crippen LogP contribution in [-0.2, 0) is 16.0 Å². The molecule has 0 aliphatic carbocycles. The highest BCUT2D eigenvalue weighted by Crippen LogP contribution is 2.37. The minimum atomic E-state index is -0.730. The lowest BCUT2D eigenvalue weighted by molar-refractivity contribution is -0.155. The molecule has 3 heterocycles. The smallest absolute Gasteiger partial charge is 0.336 e. The van der Waals surface area contributed by atoms with E-state index in [2.05, 4.69) is 4.98 Å². The highest BCUT2D eigenvalue weighted by molar-refractivity contribution is 5.87. The van der Waals surface area contributed by atoms with Gasteiger partial charge < -0.3 is 13.9 Å². The van der Waals surface area contributed by atoms with Gasteiger partial charge in [-0.05, 0) is 62.2 Å². The van der Waals surface area contributed by atoms with Crippen LogP contribution in [0, 0.1) is 6.92 Å². The Morgan fingerprint density at radius 2 is 2.07 bits per heavy atom. The predicted octanol–water partition coefficient (Wildman–Crippen LogP) is 3.84. The van der Waals surface area contributed by atoms with E-state index in [1.54, 1.807) is 24.4 Å². The number of rotatable bonds is 3. The van der Waals surface area contributed by atoms with Crippen molar-refractivity contribution in [3.8, 4) is 5.75 Å². The number of carbonyl (C=O) groups is 1. The molecule has 4 rings (SSSR count). The summed E-state index contributed by atoms with van der Waals surface area (Å²) in [4.78, 5) is 28.0. The molecule has 1 aliphatic rings. The van der Waals surface area contributed by atoms with Crippen LogP contribution >= 0.6 is 0 Å². The van der Waals surface area contributed by atoms with Gasteiger partial charge in [0, 0.05) is 41.9 Å². The van der Waals surface area contributed by atoms with Crippen LogP contribution in [0.1, 0.15) is 30.7 Å². The van der Waals surface area contributed by atoms with Crippen LogP contribution < -0.4 is 10.4 Å². The van der Waals surface area contributed by atoms with Crippen molar-refractivity contribution in [1.82, 2.24) is 4.98 Å². The second-order valence-corrected chi connectivity index (χ2v) is 7.65. The van der Waals surface area contributed by atoms with Gasteiger partial charge in [0.2, 0.25) is 0 Å². The molecule has 1 atom stereocenters. The van der Waals surface area contributed by atoms with Crippen molar-refractivity contribution in [2.75, 3.05) is 0 Å². The lowest BCUT2D eigenvalue weighted by Crippen LogP contribution is -2.48. The van der Waals surface area contributed by atoms with E-state index in [9.17, 15) is 9.59 Å². The molecule has 0 radical (unpaired) electrons. The fourth-order valence-electron chi connectivity index (χ4n) is 3.39. The molecular weight excluding hydrogens is 370 g/mol. The van der Waals surface area contributed by atoms with Crippen molar-refractivity contribution in [2.24, 2.45) is 0 Å². The third-order valence-corrected chi connectivity index (χ3v) is 4.95. The van der Waals surface area contributed by atoms with E-state index >= 15 is 0 Å². The molecule has 1 aliphatic heterocycles. The minimum absolute atomic E-state index is 0.407. The molecule has 1 aromatic carbocycles. The van der Waals surface area contributed by atoms with Crippen LogP contribution in [0.5, 0.6) is 5.75 Å². The Morgan fingerprint density at radius 1 is 1.24 bits per heavy atom. The fraction of sp³-hybridized carbons (Fsp3) is 0.261. The predicted molar refractivity (Wildman–Crippen MR) is 109 cm³/mol. The Bertz CT molecular complexity index is 1180. The van der Waals surface area contributed by atoms with E-state index in [0.29, 0.717) is 17.8 Å². The van der Waals surface area contributed by atoms with Gasteiger partial charge >= 0.3 is 11.6 Å². The Labute approximate surface area is 167 Å². The number of benzene rings is 1. The molecule has 29 heavy (non-hydrogen) atoms. The zero-order chi connectivity index (χ0) is 20.6. The first-order valence-electron chi connectivity index (χ1n) is 9.37. The molecule has 0 N–H and O–H groups in total. The average molecular weight is 391 g/mol. The van der Waals surface area contributed by atoms with Crippen LogP contribution in [0.4, 0.5) is 0 Å². The molecule has 0 unspecified atom stereocenters. The Balaban J connectivity index is 1.55. The first kappa shape index (κ1) is 18.9. The summed E-state index contributed by atoms with van der Waals surface area (Å²) in [6.07, 6.45) is 4.86. The zero-order valence-electron chi connectivity index (χ0n) is 16.5. The van der Waals surface area contributed by atoms with Gasteiger partial charge in [0.25, 0.3) is 0 Å². The first-order chi connectivity index (χ1) is 13.8. The Hall–Kier alpha value is -3.41. The van der Waals surface area contributed by atoms with Crippen LogP contribution in [0.25, 0.3) is 17.0 Å². The van der Waals surface area contributed by atoms with Crippen molar-refractivity contribution < 1.29 is 18.7 Å². The maximum atomic E-state index is 12.4. The number of hydrogen-bond acceptors (Lipinski definition) is 6. The molecule has 6 nitrogen and oxygen atoms in total. The van der Waals surface area contributed by atoms with Gasteiger partial charge in [0.1, 0.15) is 23.0 Å². The standard InChI is InChI=1S/C23H21NO5/c1-14-10-15(8-9-24-14)4-6-22(26)28-20-12-17-11-16-5-7-21(25)27-18(16)13-19(17)29-23(20,2)3/h4-11,13,20H,12H2,1-3H3/b6-4+/t20-/m0/s1. The summed E-state index contributed by atoms with van der Waals surface area (Å²) in [5.41, 5.74) is 1.99. The summed E-state index contributed by atoms with van der Waals surface area (Å²) in [6, 6.07) is 10.4. The summed E-state index contributed by atoms with van der Waals surface area (Å²) in [5.74, 6) is 0.198. The van der Waals surface area contributed by atoms with Gasteiger partial charge in [0.15, 0.2) is 0 Å². The number of aryl methyl sites for hydroxylation is 1. The highest BCUT2D eigenvalue weighted by atomic mass is 16.6. The molecule has 3 aromatic rings. The number of ether oxygens (including phenoxy) is 2. The maximum Gasteiger partial charge on any atom is 0.336 e. The number of fused-ring (bicyclic) bond motifs is 2. The zero-order valence-corrected chi connectivity index (χ0v) is 16.5. The van der Waals surface area contributed by atoms with Gasteiger partial charge in [-0.25, -0.2) is 9.59 Å². The molecular formula is C23H21NO5. The second-order valence-electron chi connectivity index (χ2n) is 7.65. The Kier molecular flexibility index (Phi) is 4.70. The second kappa shape index (κ2) is 7.20. The number of nitrogens with zero attached hydrogens (tertiary/aromatic N) is 1. The largest absolute Gasteiger partial charge is 0.484 e. The van der Waals surface area contributed by atoms with E-state index in [4.69, 9.17) is 13.9 Å². The minimum Gasteiger partial charge on any atom is -0.484 e. The van der Waals surface area contributed by atoms with Crippen molar-refractivity contribution in [3.05, 3.63) is 75.9 Å². The first-order valence-corrected chi connectivity index (χ1v) is 9.37. The SMILES string of the molecule is Cc1cc(/C=C/C(=O)O[C@H]2Cc3cc4ccc(=O)oc4cc3OC2(C)C)ccn1. The number of esters is 1. The lowest BCUT2D eigenvalue weighted by atomic mass is 9.90. The van der Waals surface area contributed by atoms with E-state index in [0.717, 1.165) is 22.2 Å². The lowest BCUT2D eigenvalue weighted by Gasteiger charge is -2.39. The van der Waals surface area contributed by atoms with Gasteiger partial charge in [-0.15, -0.1) is 0 Å². The molecule has 0 amide bonds. The molecule has 148 valence electrons. The number of pyridine rings is 1. The van der Waals surface area contributed by atoms with Crippen LogP contribution in [0.2, 0.25) is 0 Å². The van der Waals surface area contributed by atoms with Gasteiger partial charge in [-0.3, -0.25) is 4.98 Å². The average Bonchev–Trinajstić information content (AvgIpc) is 2.65. The van der Waals surface area contributed by atoms with E-state index < -0.39 is 23.3 Å². The monoisotopic (exact) mass is 391 g/mol. The van der Waals surface area contributed by atoms with Crippen LogP contribution in [0.3, 0.4) is 0 Å². The van der Waals surface area contributed by atoms with Gasteiger partial charge in [-0.2, -0.15) is 0 Å².